The second-order valence-electron chi connectivity index (χ2n) is 5.62. The van der Waals surface area contributed by atoms with Gasteiger partial charge in [0, 0.05) is 32.7 Å². The first-order valence-corrected chi connectivity index (χ1v) is 8.29. The van der Waals surface area contributed by atoms with Gasteiger partial charge in [-0.15, -0.1) is 0 Å². The van der Waals surface area contributed by atoms with Crippen molar-refractivity contribution in [3.8, 4) is 0 Å². The predicted octanol–water partition coefficient (Wildman–Crippen LogP) is 5.51. The molecule has 0 saturated carbocycles. The smallest absolute Gasteiger partial charge is 0.167 e. The Morgan fingerprint density at radius 1 is 0.870 bits per heavy atom. The number of hydrogen-bond donors (Lipinski definition) is 1. The normalized spacial score (nSPS) is 11.2. The van der Waals surface area contributed by atoms with Gasteiger partial charge < -0.3 is 4.98 Å². The minimum absolute atomic E-state index is 0.128. The summed E-state index contributed by atoms with van der Waals surface area (Å²) in [5.74, 6) is 0.128. The molecule has 0 atom stereocenters. The molecule has 0 aliphatic carbocycles. The van der Waals surface area contributed by atoms with Crippen molar-refractivity contribution in [2.75, 3.05) is 0 Å². The van der Waals surface area contributed by atoms with Crippen molar-refractivity contribution in [1.82, 2.24) is 4.98 Å². The number of carbonyl (C=O) groups excluding carboxylic acids is 1. The second-order valence-corrected chi connectivity index (χ2v) is 6.53. The largest absolute Gasteiger partial charge is 0.354 e. The lowest BCUT2D eigenvalue weighted by molar-refractivity contribution is 0.0993. The summed E-state index contributed by atoms with van der Waals surface area (Å²) in [6.45, 7) is 0. The maximum Gasteiger partial charge on any atom is 0.167 e. The summed E-state index contributed by atoms with van der Waals surface area (Å²) < 4.78 is 0.978. The molecule has 4 rings (SSSR count). The summed E-state index contributed by atoms with van der Waals surface area (Å²) in [7, 11) is 0. The minimum Gasteiger partial charge on any atom is -0.354 e. The quantitative estimate of drug-likeness (QED) is 0.478. The lowest BCUT2D eigenvalue weighted by Gasteiger charge is -2.04. The highest BCUT2D eigenvalue weighted by molar-refractivity contribution is 9.10. The van der Waals surface area contributed by atoms with Crippen LogP contribution in [0.1, 0.15) is 15.9 Å². The molecule has 0 amide bonds. The number of aromatic nitrogens is 1. The predicted molar refractivity (Wildman–Crippen MR) is 98.0 cm³/mol. The highest BCUT2D eigenvalue weighted by atomic mass is 79.9. The van der Waals surface area contributed by atoms with Crippen LogP contribution in [-0.4, -0.2) is 10.8 Å². The number of rotatable bonds is 3. The molecular weight excluding hydrogens is 350 g/mol. The van der Waals surface area contributed by atoms with E-state index in [-0.39, 0.29) is 5.78 Å². The van der Waals surface area contributed by atoms with E-state index in [0.717, 1.165) is 26.6 Å². The van der Waals surface area contributed by atoms with Crippen LogP contribution in [-0.2, 0) is 6.42 Å². The lowest BCUT2D eigenvalue weighted by atomic mass is 10.0. The number of Topliss-reactive ketones (excluding diaryl/α,β-unsaturated/α-hetero) is 1. The van der Waals surface area contributed by atoms with Gasteiger partial charge in [0.05, 0.1) is 5.52 Å². The molecule has 0 unspecified atom stereocenters. The SMILES string of the molecule is O=C(Cc1cccc2c1[nH]c1ccccc12)c1ccc(Br)cc1. The first-order chi connectivity index (χ1) is 11.2. The highest BCUT2D eigenvalue weighted by Crippen LogP contribution is 2.28. The number of halogens is 1. The fraction of sp³-hybridized carbons (Fsp3) is 0.0500. The molecule has 0 spiro atoms. The van der Waals surface area contributed by atoms with E-state index >= 15 is 0 Å². The maximum atomic E-state index is 12.6. The van der Waals surface area contributed by atoms with Crippen LogP contribution in [0.25, 0.3) is 21.8 Å². The number of carbonyl (C=O) groups is 1. The monoisotopic (exact) mass is 363 g/mol. The number of ketones is 1. The Morgan fingerprint density at radius 2 is 1.61 bits per heavy atom. The molecule has 0 aliphatic rings. The molecule has 0 bridgehead atoms. The molecule has 0 fully saturated rings. The fourth-order valence-corrected chi connectivity index (χ4v) is 3.26. The second kappa shape index (κ2) is 5.67. The van der Waals surface area contributed by atoms with Crippen LogP contribution in [0.4, 0.5) is 0 Å². The standard InChI is InChI=1S/C20H14BrNO/c21-15-10-8-13(9-11-15)19(23)12-14-4-3-6-17-16-5-1-2-7-18(16)22-20(14)17/h1-11,22H,12H2. The Kier molecular flexibility index (Phi) is 3.50. The lowest BCUT2D eigenvalue weighted by Crippen LogP contribution is -2.03. The number of benzene rings is 3. The van der Waals surface area contributed by atoms with E-state index in [2.05, 4.69) is 39.1 Å². The van der Waals surface area contributed by atoms with Crippen molar-refractivity contribution in [2.45, 2.75) is 6.42 Å². The van der Waals surface area contributed by atoms with Gasteiger partial charge in [-0.2, -0.15) is 0 Å². The van der Waals surface area contributed by atoms with E-state index in [9.17, 15) is 4.79 Å². The van der Waals surface area contributed by atoms with Gasteiger partial charge in [-0.1, -0.05) is 64.5 Å². The number of H-pyrrole nitrogens is 1. The Labute approximate surface area is 142 Å². The molecule has 0 aliphatic heterocycles. The summed E-state index contributed by atoms with van der Waals surface area (Å²) in [5.41, 5.74) is 3.93. The zero-order chi connectivity index (χ0) is 15.8. The van der Waals surface area contributed by atoms with Gasteiger partial charge in [0.1, 0.15) is 0 Å². The maximum absolute atomic E-state index is 12.6. The number of aromatic amines is 1. The summed E-state index contributed by atoms with van der Waals surface area (Å²) >= 11 is 3.40. The van der Waals surface area contributed by atoms with E-state index in [1.807, 2.05) is 48.5 Å². The number of para-hydroxylation sites is 2. The molecule has 0 saturated heterocycles. The van der Waals surface area contributed by atoms with Crippen LogP contribution in [0.3, 0.4) is 0 Å². The van der Waals surface area contributed by atoms with Crippen molar-refractivity contribution >= 4 is 43.5 Å². The van der Waals surface area contributed by atoms with Gasteiger partial charge in [-0.25, -0.2) is 0 Å². The van der Waals surface area contributed by atoms with Gasteiger partial charge in [0.25, 0.3) is 0 Å². The fourth-order valence-electron chi connectivity index (χ4n) is 2.99. The van der Waals surface area contributed by atoms with E-state index < -0.39 is 0 Å². The van der Waals surface area contributed by atoms with E-state index in [4.69, 9.17) is 0 Å². The molecule has 0 radical (unpaired) electrons. The summed E-state index contributed by atoms with van der Waals surface area (Å²) in [6.07, 6.45) is 0.395. The van der Waals surface area contributed by atoms with Gasteiger partial charge >= 0.3 is 0 Å². The molecular formula is C20H14BrNO. The van der Waals surface area contributed by atoms with E-state index in [0.29, 0.717) is 6.42 Å². The number of hydrogen-bond acceptors (Lipinski definition) is 1. The van der Waals surface area contributed by atoms with Crippen LogP contribution >= 0.6 is 15.9 Å². The number of fused-ring (bicyclic) bond motifs is 3. The molecule has 112 valence electrons. The van der Waals surface area contributed by atoms with Crippen molar-refractivity contribution in [3.63, 3.8) is 0 Å². The molecule has 4 aromatic rings. The van der Waals surface area contributed by atoms with Gasteiger partial charge in [0.2, 0.25) is 0 Å². The minimum atomic E-state index is 0.128. The van der Waals surface area contributed by atoms with Gasteiger partial charge in [-0.3, -0.25) is 4.79 Å². The van der Waals surface area contributed by atoms with Crippen LogP contribution in [0.5, 0.6) is 0 Å². The Morgan fingerprint density at radius 3 is 2.43 bits per heavy atom. The van der Waals surface area contributed by atoms with Gasteiger partial charge in [-0.05, 0) is 23.8 Å². The summed E-state index contributed by atoms with van der Waals surface area (Å²) in [6, 6.07) is 21.9. The van der Waals surface area contributed by atoms with Crippen molar-refractivity contribution in [2.24, 2.45) is 0 Å². The molecule has 2 nitrogen and oxygen atoms in total. The molecule has 3 aromatic carbocycles. The zero-order valence-electron chi connectivity index (χ0n) is 12.3. The van der Waals surface area contributed by atoms with Crippen LogP contribution in [0.2, 0.25) is 0 Å². The van der Waals surface area contributed by atoms with Crippen molar-refractivity contribution < 1.29 is 4.79 Å². The topological polar surface area (TPSA) is 32.9 Å². The molecule has 3 heteroatoms. The molecule has 23 heavy (non-hydrogen) atoms. The van der Waals surface area contributed by atoms with Crippen LogP contribution in [0, 0.1) is 0 Å². The third-order valence-electron chi connectivity index (χ3n) is 4.14. The highest BCUT2D eigenvalue weighted by Gasteiger charge is 2.12. The van der Waals surface area contributed by atoms with Gasteiger partial charge in [0.15, 0.2) is 5.78 Å². The average Bonchev–Trinajstić information content (AvgIpc) is 2.95. The van der Waals surface area contributed by atoms with E-state index in [1.165, 1.54) is 10.8 Å². The Hall–Kier alpha value is -2.39. The number of nitrogens with one attached hydrogen (secondary N) is 1. The first kappa shape index (κ1) is 14.2. The van der Waals surface area contributed by atoms with Crippen LogP contribution < -0.4 is 0 Å². The first-order valence-electron chi connectivity index (χ1n) is 7.49. The van der Waals surface area contributed by atoms with Crippen molar-refractivity contribution in [3.05, 3.63) is 82.3 Å². The Bertz CT molecular complexity index is 1010. The third-order valence-corrected chi connectivity index (χ3v) is 4.67. The average molecular weight is 364 g/mol. The summed E-state index contributed by atoms with van der Waals surface area (Å²) in [5, 5.41) is 2.36. The van der Waals surface area contributed by atoms with Crippen LogP contribution in [0.15, 0.2) is 71.2 Å². The molecule has 1 aromatic heterocycles. The summed E-state index contributed by atoms with van der Waals surface area (Å²) in [4.78, 5) is 16.0. The Balaban J connectivity index is 1.77. The molecule has 1 N–H and O–H groups in total. The third kappa shape index (κ3) is 2.57. The molecule has 1 heterocycles. The zero-order valence-corrected chi connectivity index (χ0v) is 13.9. The van der Waals surface area contributed by atoms with E-state index in [1.54, 1.807) is 0 Å². The van der Waals surface area contributed by atoms with Crippen molar-refractivity contribution in [1.29, 1.82) is 0 Å².